The molecule has 7 nitrogen and oxygen atoms in total. The molecule has 3 aromatic rings. The van der Waals surface area contributed by atoms with E-state index in [1.165, 1.54) is 0 Å². The minimum absolute atomic E-state index is 0.159. The van der Waals surface area contributed by atoms with E-state index in [-0.39, 0.29) is 24.5 Å². The molecule has 8 heteroatoms. The zero-order chi connectivity index (χ0) is 20.8. The third-order valence-corrected chi connectivity index (χ3v) is 6.02. The summed E-state index contributed by atoms with van der Waals surface area (Å²) in [4.78, 5) is 30.9. The molecule has 0 bridgehead atoms. The molecule has 2 aliphatic heterocycles. The Hall–Kier alpha value is -3.19. The van der Waals surface area contributed by atoms with Gasteiger partial charge in [0.25, 0.3) is 0 Å². The molecule has 0 radical (unpaired) electrons. The highest BCUT2D eigenvalue weighted by Crippen LogP contribution is 2.43. The van der Waals surface area contributed by atoms with Crippen molar-refractivity contribution in [1.29, 1.82) is 0 Å². The number of aromatic amines is 1. The Labute approximate surface area is 177 Å². The summed E-state index contributed by atoms with van der Waals surface area (Å²) in [5.74, 6) is 0.520. The number of para-hydroxylation sites is 1. The third-order valence-electron chi connectivity index (χ3n) is 5.80. The van der Waals surface area contributed by atoms with Crippen LogP contribution in [-0.2, 0) is 16.0 Å². The number of carbonyl (C=O) groups is 2. The second kappa shape index (κ2) is 7.25. The van der Waals surface area contributed by atoms with E-state index in [4.69, 9.17) is 21.1 Å². The van der Waals surface area contributed by atoms with Crippen molar-refractivity contribution in [3.63, 3.8) is 0 Å². The van der Waals surface area contributed by atoms with Crippen LogP contribution in [0.15, 0.2) is 42.5 Å². The highest BCUT2D eigenvalue weighted by Gasteiger charge is 2.43. The predicted molar refractivity (Wildman–Crippen MR) is 112 cm³/mol. The zero-order valence-electron chi connectivity index (χ0n) is 16.3. The van der Waals surface area contributed by atoms with Gasteiger partial charge >= 0.3 is 0 Å². The maximum atomic E-state index is 13.0. The summed E-state index contributed by atoms with van der Waals surface area (Å²) in [6.07, 6.45) is 0.405. The summed E-state index contributed by atoms with van der Waals surface area (Å²) < 4.78 is 11.0. The first kappa shape index (κ1) is 18.8. The second-order valence-corrected chi connectivity index (χ2v) is 7.61. The van der Waals surface area contributed by atoms with Gasteiger partial charge in [0.1, 0.15) is 11.9 Å². The molecule has 2 N–H and O–H groups in total. The molecule has 2 amide bonds. The summed E-state index contributed by atoms with van der Waals surface area (Å²) in [5.41, 5.74) is 3.69. The predicted octanol–water partition coefficient (Wildman–Crippen LogP) is 2.72. The molecule has 30 heavy (non-hydrogen) atoms. The highest BCUT2D eigenvalue weighted by atomic mass is 35.5. The number of rotatable bonds is 3. The fourth-order valence-electron chi connectivity index (χ4n) is 4.47. The number of nitrogens with zero attached hydrogens (tertiary/aromatic N) is 1. The van der Waals surface area contributed by atoms with Gasteiger partial charge in [-0.25, -0.2) is 0 Å². The summed E-state index contributed by atoms with van der Waals surface area (Å²) in [6, 6.07) is 12.3. The fraction of sp³-hybridized carbons (Fsp3) is 0.273. The van der Waals surface area contributed by atoms with E-state index in [2.05, 4.69) is 10.3 Å². The standard InChI is InChI=1S/C22H20ClN3O4/c1-24-22(28)16-9-14-13-4-2-3-5-15(13)25-20(14)21(26(16)19(27)10-23)12-6-7-17-18(8-12)30-11-29-17/h2-8,16,21,25H,9-11H2,1H3,(H,24,28)/t16-,21+/m1/s1. The van der Waals surface area contributed by atoms with Crippen molar-refractivity contribution in [3.05, 3.63) is 59.3 Å². The average Bonchev–Trinajstić information content (AvgIpc) is 3.40. The van der Waals surface area contributed by atoms with Crippen LogP contribution in [0.4, 0.5) is 0 Å². The molecule has 0 spiro atoms. The lowest BCUT2D eigenvalue weighted by molar-refractivity contribution is -0.141. The van der Waals surface area contributed by atoms with Crippen LogP contribution >= 0.6 is 11.6 Å². The Morgan fingerprint density at radius 1 is 1.20 bits per heavy atom. The maximum Gasteiger partial charge on any atom is 0.242 e. The Bertz CT molecular complexity index is 1160. The van der Waals surface area contributed by atoms with E-state index in [1.807, 2.05) is 42.5 Å². The molecule has 5 rings (SSSR count). The number of halogens is 1. The number of ether oxygens (including phenoxy) is 2. The zero-order valence-corrected chi connectivity index (χ0v) is 17.0. The van der Waals surface area contributed by atoms with Crippen molar-refractivity contribution in [1.82, 2.24) is 15.2 Å². The van der Waals surface area contributed by atoms with Crippen LogP contribution in [0.5, 0.6) is 11.5 Å². The van der Waals surface area contributed by atoms with Crippen molar-refractivity contribution < 1.29 is 19.1 Å². The summed E-state index contributed by atoms with van der Waals surface area (Å²) in [6.45, 7) is 0.159. The van der Waals surface area contributed by atoms with Crippen LogP contribution in [0.1, 0.15) is 22.9 Å². The van der Waals surface area contributed by atoms with Crippen LogP contribution < -0.4 is 14.8 Å². The molecule has 0 fully saturated rings. The molecule has 0 unspecified atom stereocenters. The van der Waals surface area contributed by atoms with Crippen LogP contribution in [0.3, 0.4) is 0 Å². The fourth-order valence-corrected chi connectivity index (χ4v) is 4.61. The van der Waals surface area contributed by atoms with Gasteiger partial charge in [-0.1, -0.05) is 24.3 Å². The molecule has 2 atom stereocenters. The number of fused-ring (bicyclic) bond motifs is 4. The molecule has 1 aromatic heterocycles. The van der Waals surface area contributed by atoms with Crippen LogP contribution in [0.2, 0.25) is 0 Å². The Kier molecular flexibility index (Phi) is 4.55. The van der Waals surface area contributed by atoms with Gasteiger partial charge in [0.05, 0.1) is 6.04 Å². The monoisotopic (exact) mass is 425 g/mol. The van der Waals surface area contributed by atoms with E-state index in [1.54, 1.807) is 11.9 Å². The van der Waals surface area contributed by atoms with Crippen LogP contribution in [0, 0.1) is 0 Å². The molecule has 0 saturated carbocycles. The number of nitrogens with one attached hydrogen (secondary N) is 2. The number of aromatic nitrogens is 1. The van der Waals surface area contributed by atoms with Crippen molar-refractivity contribution in [2.45, 2.75) is 18.5 Å². The second-order valence-electron chi connectivity index (χ2n) is 7.35. The smallest absolute Gasteiger partial charge is 0.242 e. The first-order valence-electron chi connectivity index (χ1n) is 9.70. The van der Waals surface area contributed by atoms with Crippen molar-refractivity contribution in [2.24, 2.45) is 0 Å². The molecule has 2 aliphatic rings. The quantitative estimate of drug-likeness (QED) is 0.632. The van der Waals surface area contributed by atoms with Gasteiger partial charge in [0.2, 0.25) is 18.6 Å². The van der Waals surface area contributed by atoms with Crippen molar-refractivity contribution in [3.8, 4) is 11.5 Å². The highest BCUT2D eigenvalue weighted by molar-refractivity contribution is 6.27. The van der Waals surface area contributed by atoms with Gasteiger partial charge in [-0.3, -0.25) is 9.59 Å². The molecule has 0 aliphatic carbocycles. The van der Waals surface area contributed by atoms with Crippen LogP contribution in [0.25, 0.3) is 10.9 Å². The Balaban J connectivity index is 1.75. The van der Waals surface area contributed by atoms with Gasteiger partial charge in [-0.15, -0.1) is 11.6 Å². The molecule has 0 saturated heterocycles. The number of hydrogen-bond donors (Lipinski definition) is 2. The first-order valence-corrected chi connectivity index (χ1v) is 10.2. The maximum absolute atomic E-state index is 13.0. The van der Waals surface area contributed by atoms with E-state index in [9.17, 15) is 9.59 Å². The lowest BCUT2D eigenvalue weighted by atomic mass is 9.87. The van der Waals surface area contributed by atoms with Gasteiger partial charge in [0, 0.05) is 30.1 Å². The third kappa shape index (κ3) is 2.81. The van der Waals surface area contributed by atoms with E-state index in [0.29, 0.717) is 17.9 Å². The SMILES string of the molecule is CNC(=O)[C@H]1Cc2c([nH]c3ccccc23)[C@H](c2ccc3c(c2)OCO3)N1C(=O)CCl. The van der Waals surface area contributed by atoms with Gasteiger partial charge in [-0.05, 0) is 29.3 Å². The van der Waals surface area contributed by atoms with Gasteiger partial charge in [0.15, 0.2) is 11.5 Å². The number of likely N-dealkylation sites (N-methyl/N-ethyl adjacent to an activating group) is 1. The molecular formula is C22H20ClN3O4. The number of amides is 2. The Morgan fingerprint density at radius 2 is 2.00 bits per heavy atom. The summed E-state index contributed by atoms with van der Waals surface area (Å²) >= 11 is 5.97. The number of alkyl halides is 1. The average molecular weight is 426 g/mol. The van der Waals surface area contributed by atoms with E-state index >= 15 is 0 Å². The molecule has 2 aromatic carbocycles. The van der Waals surface area contributed by atoms with E-state index in [0.717, 1.165) is 27.7 Å². The van der Waals surface area contributed by atoms with Crippen LogP contribution in [-0.4, -0.2) is 47.5 Å². The number of benzene rings is 2. The van der Waals surface area contributed by atoms with Gasteiger partial charge < -0.3 is 24.7 Å². The minimum Gasteiger partial charge on any atom is -0.454 e. The molecule has 3 heterocycles. The number of hydrogen-bond acceptors (Lipinski definition) is 4. The minimum atomic E-state index is -0.677. The lowest BCUT2D eigenvalue weighted by Crippen LogP contribution is -2.54. The normalized spacial score (nSPS) is 19.6. The number of H-pyrrole nitrogens is 1. The topological polar surface area (TPSA) is 83.7 Å². The summed E-state index contributed by atoms with van der Waals surface area (Å²) in [5, 5.41) is 3.74. The van der Waals surface area contributed by atoms with Crippen molar-refractivity contribution in [2.75, 3.05) is 19.7 Å². The first-order chi connectivity index (χ1) is 14.6. The van der Waals surface area contributed by atoms with Crippen molar-refractivity contribution >= 4 is 34.3 Å². The Morgan fingerprint density at radius 3 is 2.80 bits per heavy atom. The largest absolute Gasteiger partial charge is 0.454 e. The van der Waals surface area contributed by atoms with E-state index < -0.39 is 12.1 Å². The molecule has 154 valence electrons. The molecular weight excluding hydrogens is 406 g/mol. The number of carbonyl (C=O) groups excluding carboxylic acids is 2. The lowest BCUT2D eigenvalue weighted by Gasteiger charge is -2.41. The summed E-state index contributed by atoms with van der Waals surface area (Å²) in [7, 11) is 1.58. The van der Waals surface area contributed by atoms with Gasteiger partial charge in [-0.2, -0.15) is 0 Å².